The van der Waals surface area contributed by atoms with Crippen LogP contribution in [0.5, 0.6) is 11.5 Å². The van der Waals surface area contributed by atoms with Gasteiger partial charge in [0.1, 0.15) is 24.7 Å². The first-order chi connectivity index (χ1) is 15.1. The zero-order valence-corrected chi connectivity index (χ0v) is 16.5. The van der Waals surface area contributed by atoms with Gasteiger partial charge in [0.05, 0.1) is 24.4 Å². The molecular formula is C24H19NO6. The fourth-order valence-electron chi connectivity index (χ4n) is 3.94. The van der Waals surface area contributed by atoms with Gasteiger partial charge < -0.3 is 23.9 Å². The summed E-state index contributed by atoms with van der Waals surface area (Å²) >= 11 is 0. The summed E-state index contributed by atoms with van der Waals surface area (Å²) in [7, 11) is 0. The van der Waals surface area contributed by atoms with Crippen LogP contribution in [0.1, 0.15) is 22.9 Å². The minimum Gasteiger partial charge on any atom is -0.507 e. The second kappa shape index (κ2) is 7.68. The maximum absolute atomic E-state index is 13.0. The molecule has 2 aromatic carbocycles. The second-order valence-electron chi connectivity index (χ2n) is 7.28. The minimum absolute atomic E-state index is 0.0273. The quantitative estimate of drug-likeness (QED) is 0.396. The van der Waals surface area contributed by atoms with Crippen LogP contribution < -0.4 is 9.47 Å². The molecule has 0 bridgehead atoms. The number of hydrogen-bond acceptors (Lipinski definition) is 6. The summed E-state index contributed by atoms with van der Waals surface area (Å²) < 4.78 is 16.5. The number of fused-ring (bicyclic) bond motifs is 1. The lowest BCUT2D eigenvalue weighted by molar-refractivity contribution is -0.140. The normalized spacial score (nSPS) is 19.6. The van der Waals surface area contributed by atoms with Gasteiger partial charge in [0.15, 0.2) is 11.5 Å². The molecule has 1 unspecified atom stereocenters. The molecule has 1 atom stereocenters. The average molecular weight is 417 g/mol. The molecule has 0 spiro atoms. The lowest BCUT2D eigenvalue weighted by Gasteiger charge is -2.24. The third kappa shape index (κ3) is 3.34. The van der Waals surface area contributed by atoms with Gasteiger partial charge in [0.2, 0.25) is 0 Å². The molecule has 1 amide bonds. The van der Waals surface area contributed by atoms with Crippen molar-refractivity contribution in [2.45, 2.75) is 12.6 Å². The number of likely N-dealkylation sites (tertiary alicyclic amines) is 1. The molecule has 156 valence electrons. The Labute approximate surface area is 178 Å². The monoisotopic (exact) mass is 417 g/mol. The van der Waals surface area contributed by atoms with Crippen LogP contribution >= 0.6 is 0 Å². The van der Waals surface area contributed by atoms with Crippen molar-refractivity contribution in [2.75, 3.05) is 13.2 Å². The van der Waals surface area contributed by atoms with E-state index in [2.05, 4.69) is 0 Å². The zero-order chi connectivity index (χ0) is 21.4. The summed E-state index contributed by atoms with van der Waals surface area (Å²) in [6.45, 7) is 0.952. The molecule has 7 heteroatoms. The Kier molecular flexibility index (Phi) is 4.71. The second-order valence-corrected chi connectivity index (χ2v) is 7.28. The molecule has 2 aliphatic rings. The van der Waals surface area contributed by atoms with E-state index in [1.807, 2.05) is 30.3 Å². The van der Waals surface area contributed by atoms with Gasteiger partial charge in [-0.15, -0.1) is 0 Å². The molecule has 3 aromatic rings. The van der Waals surface area contributed by atoms with Crippen molar-refractivity contribution in [1.29, 1.82) is 0 Å². The van der Waals surface area contributed by atoms with Gasteiger partial charge in [0.25, 0.3) is 11.7 Å². The van der Waals surface area contributed by atoms with Gasteiger partial charge in [0, 0.05) is 5.56 Å². The van der Waals surface area contributed by atoms with Crippen molar-refractivity contribution >= 4 is 17.4 Å². The molecule has 1 N–H and O–H groups in total. The Hall–Kier alpha value is -4.00. The number of Topliss-reactive ketones (excluding diaryl/α,β-unsaturated/α-hetero) is 1. The van der Waals surface area contributed by atoms with E-state index >= 15 is 0 Å². The van der Waals surface area contributed by atoms with Gasteiger partial charge in [-0.1, -0.05) is 30.3 Å². The van der Waals surface area contributed by atoms with Crippen LogP contribution in [0.2, 0.25) is 0 Å². The van der Waals surface area contributed by atoms with Gasteiger partial charge >= 0.3 is 0 Å². The first-order valence-electron chi connectivity index (χ1n) is 9.89. The average Bonchev–Trinajstić information content (AvgIpc) is 3.41. The highest BCUT2D eigenvalue weighted by molar-refractivity contribution is 6.46. The fourth-order valence-corrected chi connectivity index (χ4v) is 3.94. The van der Waals surface area contributed by atoms with E-state index in [-0.39, 0.29) is 17.9 Å². The lowest BCUT2D eigenvalue weighted by atomic mass is 9.95. The van der Waals surface area contributed by atoms with E-state index < -0.39 is 17.7 Å². The Morgan fingerprint density at radius 3 is 2.48 bits per heavy atom. The number of aliphatic hydroxyl groups excluding tert-OH is 1. The summed E-state index contributed by atoms with van der Waals surface area (Å²) in [4.78, 5) is 27.4. The van der Waals surface area contributed by atoms with Gasteiger partial charge in [-0.25, -0.2) is 0 Å². The maximum atomic E-state index is 13.0. The van der Waals surface area contributed by atoms with Crippen LogP contribution in [0.3, 0.4) is 0 Å². The fraction of sp³-hybridized carbons (Fsp3) is 0.167. The number of furan rings is 1. The standard InChI is InChI=1S/C24H19NO6/c26-22(16-8-9-18-19(13-16)31-12-11-30-18)20-21(15-5-2-1-3-6-15)25(24(28)23(20)27)14-17-7-4-10-29-17/h1-10,13,21,26H,11-12,14H2. The number of amides is 1. The molecule has 1 fully saturated rings. The summed E-state index contributed by atoms with van der Waals surface area (Å²) in [6, 6.07) is 16.8. The van der Waals surface area contributed by atoms with Crippen LogP contribution in [0.15, 0.2) is 76.9 Å². The number of benzene rings is 2. The predicted molar refractivity (Wildman–Crippen MR) is 110 cm³/mol. The Morgan fingerprint density at radius 1 is 0.968 bits per heavy atom. The minimum atomic E-state index is -0.750. The number of aliphatic hydroxyl groups is 1. The molecule has 2 aliphatic heterocycles. The smallest absolute Gasteiger partial charge is 0.296 e. The largest absolute Gasteiger partial charge is 0.507 e. The van der Waals surface area contributed by atoms with Crippen molar-refractivity contribution in [3.05, 3.63) is 89.4 Å². The number of carbonyl (C=O) groups excluding carboxylic acids is 2. The van der Waals surface area contributed by atoms with E-state index in [4.69, 9.17) is 13.9 Å². The Bertz CT molecular complexity index is 1170. The molecule has 1 aromatic heterocycles. The molecule has 0 aliphatic carbocycles. The predicted octanol–water partition coefficient (Wildman–Crippen LogP) is 3.67. The number of ether oxygens (including phenoxy) is 2. The molecule has 7 nitrogen and oxygen atoms in total. The highest BCUT2D eigenvalue weighted by atomic mass is 16.6. The number of rotatable bonds is 4. The van der Waals surface area contributed by atoms with Crippen LogP contribution in [0.25, 0.3) is 5.76 Å². The molecule has 31 heavy (non-hydrogen) atoms. The number of ketones is 1. The summed E-state index contributed by atoms with van der Waals surface area (Å²) in [5, 5.41) is 11.1. The summed E-state index contributed by atoms with van der Waals surface area (Å²) in [5.74, 6) is -0.0949. The molecule has 3 heterocycles. The highest BCUT2D eigenvalue weighted by Crippen LogP contribution is 2.41. The number of hydrogen-bond donors (Lipinski definition) is 1. The van der Waals surface area contributed by atoms with Crippen molar-refractivity contribution in [3.63, 3.8) is 0 Å². The van der Waals surface area contributed by atoms with Gasteiger partial charge in [-0.3, -0.25) is 9.59 Å². The van der Waals surface area contributed by atoms with E-state index in [0.717, 1.165) is 0 Å². The zero-order valence-electron chi connectivity index (χ0n) is 16.5. The topological polar surface area (TPSA) is 89.2 Å². The van der Waals surface area contributed by atoms with Crippen LogP contribution in [0, 0.1) is 0 Å². The van der Waals surface area contributed by atoms with Crippen LogP contribution in [-0.4, -0.2) is 34.9 Å². The lowest BCUT2D eigenvalue weighted by Crippen LogP contribution is -2.29. The van der Waals surface area contributed by atoms with Crippen molar-refractivity contribution in [1.82, 2.24) is 4.90 Å². The van der Waals surface area contributed by atoms with E-state index in [9.17, 15) is 14.7 Å². The summed E-state index contributed by atoms with van der Waals surface area (Å²) in [5.41, 5.74) is 1.12. The van der Waals surface area contributed by atoms with E-state index in [1.54, 1.807) is 30.3 Å². The highest BCUT2D eigenvalue weighted by Gasteiger charge is 2.46. The number of nitrogens with zero attached hydrogens (tertiary/aromatic N) is 1. The SMILES string of the molecule is O=C1C(=O)N(Cc2ccco2)C(c2ccccc2)C1=C(O)c1ccc2c(c1)OCCO2. The van der Waals surface area contributed by atoms with E-state index in [1.165, 1.54) is 11.2 Å². The third-order valence-corrected chi connectivity index (χ3v) is 5.38. The van der Waals surface area contributed by atoms with Crippen LogP contribution in [-0.2, 0) is 16.1 Å². The molecule has 0 radical (unpaired) electrons. The van der Waals surface area contributed by atoms with Gasteiger partial charge in [-0.05, 0) is 35.9 Å². The third-order valence-electron chi connectivity index (χ3n) is 5.38. The molecular weight excluding hydrogens is 398 g/mol. The van der Waals surface area contributed by atoms with Crippen molar-refractivity contribution < 1.29 is 28.6 Å². The molecule has 0 saturated carbocycles. The molecule has 5 rings (SSSR count). The van der Waals surface area contributed by atoms with Crippen LogP contribution in [0.4, 0.5) is 0 Å². The Morgan fingerprint density at radius 2 is 1.74 bits per heavy atom. The first-order valence-corrected chi connectivity index (χ1v) is 9.89. The summed E-state index contributed by atoms with van der Waals surface area (Å²) in [6.07, 6.45) is 1.51. The maximum Gasteiger partial charge on any atom is 0.296 e. The number of carbonyl (C=O) groups is 2. The molecule has 1 saturated heterocycles. The van der Waals surface area contributed by atoms with Crippen molar-refractivity contribution in [2.24, 2.45) is 0 Å². The van der Waals surface area contributed by atoms with Crippen molar-refractivity contribution in [3.8, 4) is 11.5 Å². The van der Waals surface area contributed by atoms with E-state index in [0.29, 0.717) is 41.6 Å². The van der Waals surface area contributed by atoms with Gasteiger partial charge in [-0.2, -0.15) is 0 Å². The Balaban J connectivity index is 1.63. The first kappa shape index (κ1) is 19.0.